The van der Waals surface area contributed by atoms with Gasteiger partial charge in [-0.15, -0.1) is 0 Å². The van der Waals surface area contributed by atoms with E-state index in [4.69, 9.17) is 8.94 Å². The molecule has 1 N–H and O–H groups in total. The second kappa shape index (κ2) is 4.27. The highest BCUT2D eigenvalue weighted by Crippen LogP contribution is 2.21. The Balaban J connectivity index is 2.17. The van der Waals surface area contributed by atoms with Crippen molar-refractivity contribution in [1.29, 1.82) is 0 Å². The second-order valence-electron chi connectivity index (χ2n) is 3.19. The first kappa shape index (κ1) is 9.92. The van der Waals surface area contributed by atoms with Crippen molar-refractivity contribution in [1.82, 2.24) is 15.5 Å². The molecular formula is C10H13N3O2. The monoisotopic (exact) mass is 207 g/mol. The van der Waals surface area contributed by atoms with E-state index in [1.165, 1.54) is 0 Å². The molecule has 2 heterocycles. The van der Waals surface area contributed by atoms with Crippen LogP contribution in [-0.2, 0) is 6.54 Å². The van der Waals surface area contributed by atoms with Crippen LogP contribution in [-0.4, -0.2) is 16.7 Å². The van der Waals surface area contributed by atoms with E-state index in [0.29, 0.717) is 18.3 Å². The number of hydrogen-bond acceptors (Lipinski definition) is 5. The van der Waals surface area contributed by atoms with Crippen LogP contribution in [0.25, 0.3) is 11.5 Å². The normalized spacial score (nSPS) is 10.8. The van der Waals surface area contributed by atoms with Crippen LogP contribution >= 0.6 is 0 Å². The van der Waals surface area contributed by atoms with E-state index in [0.717, 1.165) is 17.9 Å². The summed E-state index contributed by atoms with van der Waals surface area (Å²) in [5, 5.41) is 6.99. The molecule has 0 bridgehead atoms. The first-order chi connectivity index (χ1) is 7.31. The van der Waals surface area contributed by atoms with Gasteiger partial charge in [0, 0.05) is 0 Å². The topological polar surface area (TPSA) is 64.1 Å². The lowest BCUT2D eigenvalue weighted by Crippen LogP contribution is -2.12. The molecule has 0 aliphatic heterocycles. The maximum absolute atomic E-state index is 5.17. The molecule has 0 unspecified atom stereocenters. The van der Waals surface area contributed by atoms with Crippen LogP contribution in [0.4, 0.5) is 0 Å². The zero-order valence-corrected chi connectivity index (χ0v) is 8.78. The summed E-state index contributed by atoms with van der Waals surface area (Å²) in [6, 6.07) is 1.82. The Morgan fingerprint density at radius 3 is 3.00 bits per heavy atom. The highest BCUT2D eigenvalue weighted by Gasteiger charge is 2.12. The third-order valence-corrected chi connectivity index (χ3v) is 2.09. The summed E-state index contributed by atoms with van der Waals surface area (Å²) in [6.07, 6.45) is 1.61. The molecule has 80 valence electrons. The van der Waals surface area contributed by atoms with Crippen molar-refractivity contribution >= 4 is 0 Å². The van der Waals surface area contributed by atoms with Gasteiger partial charge in [0.15, 0.2) is 5.82 Å². The van der Waals surface area contributed by atoms with E-state index in [1.54, 1.807) is 6.26 Å². The maximum atomic E-state index is 5.17. The summed E-state index contributed by atoms with van der Waals surface area (Å²) < 4.78 is 10.3. The van der Waals surface area contributed by atoms with Crippen molar-refractivity contribution in [3.8, 4) is 11.5 Å². The first-order valence-electron chi connectivity index (χ1n) is 4.89. The molecule has 0 amide bonds. The molecule has 15 heavy (non-hydrogen) atoms. The number of hydrogen-bond donors (Lipinski definition) is 1. The van der Waals surface area contributed by atoms with E-state index in [-0.39, 0.29) is 0 Å². The summed E-state index contributed by atoms with van der Waals surface area (Å²) in [6.45, 7) is 5.40. The molecule has 5 nitrogen and oxygen atoms in total. The zero-order chi connectivity index (χ0) is 10.7. The molecule has 0 saturated carbocycles. The van der Waals surface area contributed by atoms with E-state index >= 15 is 0 Å². The van der Waals surface area contributed by atoms with Gasteiger partial charge < -0.3 is 14.3 Å². The summed E-state index contributed by atoms with van der Waals surface area (Å²) in [7, 11) is 0. The van der Waals surface area contributed by atoms with Gasteiger partial charge in [-0.1, -0.05) is 12.1 Å². The van der Waals surface area contributed by atoms with Crippen LogP contribution in [0, 0.1) is 6.92 Å². The van der Waals surface area contributed by atoms with Crippen molar-refractivity contribution in [2.45, 2.75) is 20.4 Å². The molecule has 0 radical (unpaired) electrons. The largest absolute Gasteiger partial charge is 0.469 e. The highest BCUT2D eigenvalue weighted by atomic mass is 16.5. The maximum Gasteiger partial charge on any atom is 0.261 e. The number of rotatable bonds is 4. The minimum absolute atomic E-state index is 0.508. The van der Waals surface area contributed by atoms with Gasteiger partial charge in [-0.3, -0.25) is 0 Å². The highest BCUT2D eigenvalue weighted by molar-refractivity contribution is 5.54. The van der Waals surface area contributed by atoms with Crippen LogP contribution in [0.15, 0.2) is 21.3 Å². The molecule has 2 aromatic heterocycles. The average Bonchev–Trinajstić information content (AvgIpc) is 2.83. The van der Waals surface area contributed by atoms with Crippen molar-refractivity contribution in [3.63, 3.8) is 0 Å². The molecular weight excluding hydrogens is 194 g/mol. The number of nitrogens with zero attached hydrogens (tertiary/aromatic N) is 2. The third-order valence-electron chi connectivity index (χ3n) is 2.09. The van der Waals surface area contributed by atoms with Gasteiger partial charge in [-0.2, -0.15) is 4.98 Å². The van der Waals surface area contributed by atoms with Gasteiger partial charge in [0.05, 0.1) is 18.4 Å². The average molecular weight is 207 g/mol. The number of aromatic nitrogens is 2. The Bertz CT molecular complexity index is 433. The zero-order valence-electron chi connectivity index (χ0n) is 8.78. The van der Waals surface area contributed by atoms with Crippen LogP contribution in [0.2, 0.25) is 0 Å². The fourth-order valence-electron chi connectivity index (χ4n) is 1.28. The third kappa shape index (κ3) is 2.07. The lowest BCUT2D eigenvalue weighted by Gasteiger charge is -1.92. The number of furan rings is 1. The molecule has 5 heteroatoms. The van der Waals surface area contributed by atoms with Crippen LogP contribution < -0.4 is 5.32 Å². The summed E-state index contributed by atoms with van der Waals surface area (Å²) in [4.78, 5) is 4.25. The van der Waals surface area contributed by atoms with Crippen molar-refractivity contribution in [2.75, 3.05) is 6.54 Å². The van der Waals surface area contributed by atoms with E-state index in [1.807, 2.05) is 19.9 Å². The molecule has 0 aliphatic carbocycles. The van der Waals surface area contributed by atoms with Gasteiger partial charge in [0.25, 0.3) is 5.89 Å². The molecule has 0 fully saturated rings. The Morgan fingerprint density at radius 1 is 1.47 bits per heavy atom. The summed E-state index contributed by atoms with van der Waals surface area (Å²) in [5.41, 5.74) is 0.852. The Kier molecular flexibility index (Phi) is 2.82. The SMILES string of the molecule is CCNCc1noc(-c2ccoc2C)n1. The number of aryl methyl sites for hydroxylation is 1. The summed E-state index contributed by atoms with van der Waals surface area (Å²) in [5.74, 6) is 1.95. The van der Waals surface area contributed by atoms with Gasteiger partial charge in [-0.05, 0) is 19.5 Å². The minimum atomic E-state index is 0.508. The van der Waals surface area contributed by atoms with Crippen molar-refractivity contribution in [3.05, 3.63) is 23.9 Å². The molecule has 0 aliphatic rings. The lowest BCUT2D eigenvalue weighted by atomic mass is 10.3. The predicted octanol–water partition coefficient (Wildman–Crippen LogP) is 1.75. The quantitative estimate of drug-likeness (QED) is 0.827. The number of nitrogens with one attached hydrogen (secondary N) is 1. The van der Waals surface area contributed by atoms with Gasteiger partial charge >= 0.3 is 0 Å². The fourth-order valence-corrected chi connectivity index (χ4v) is 1.28. The van der Waals surface area contributed by atoms with Crippen molar-refractivity contribution in [2.24, 2.45) is 0 Å². The van der Waals surface area contributed by atoms with Crippen LogP contribution in [0.1, 0.15) is 18.5 Å². The van der Waals surface area contributed by atoms with Crippen molar-refractivity contribution < 1.29 is 8.94 Å². The molecule has 0 saturated heterocycles. The molecule has 2 aromatic rings. The minimum Gasteiger partial charge on any atom is -0.469 e. The Labute approximate surface area is 87.5 Å². The Hall–Kier alpha value is -1.62. The lowest BCUT2D eigenvalue weighted by molar-refractivity contribution is 0.418. The summed E-state index contributed by atoms with van der Waals surface area (Å²) >= 11 is 0. The van der Waals surface area contributed by atoms with E-state index in [2.05, 4.69) is 15.5 Å². The van der Waals surface area contributed by atoms with Gasteiger partial charge in [0.2, 0.25) is 0 Å². The van der Waals surface area contributed by atoms with Crippen LogP contribution in [0.5, 0.6) is 0 Å². The fraction of sp³-hybridized carbons (Fsp3) is 0.400. The predicted molar refractivity (Wildman–Crippen MR) is 54.1 cm³/mol. The van der Waals surface area contributed by atoms with Gasteiger partial charge in [0.1, 0.15) is 5.76 Å². The second-order valence-corrected chi connectivity index (χ2v) is 3.19. The standard InChI is InChI=1S/C10H13N3O2/c1-3-11-6-9-12-10(15-13-9)8-4-5-14-7(8)2/h4-5,11H,3,6H2,1-2H3. The van der Waals surface area contributed by atoms with E-state index in [9.17, 15) is 0 Å². The van der Waals surface area contributed by atoms with Gasteiger partial charge in [-0.25, -0.2) is 0 Å². The molecule has 0 atom stereocenters. The molecule has 0 aromatic carbocycles. The molecule has 2 rings (SSSR count). The smallest absolute Gasteiger partial charge is 0.261 e. The Morgan fingerprint density at radius 2 is 2.33 bits per heavy atom. The van der Waals surface area contributed by atoms with E-state index < -0.39 is 0 Å². The van der Waals surface area contributed by atoms with Crippen LogP contribution in [0.3, 0.4) is 0 Å². The molecule has 0 spiro atoms. The first-order valence-corrected chi connectivity index (χ1v) is 4.89.